The molecule has 0 aromatic rings. The molecule has 1 nitrogen and oxygen atoms in total. The number of hydrogen-bond acceptors (Lipinski definition) is 1. The molecule has 21 heavy (non-hydrogen) atoms. The summed E-state index contributed by atoms with van der Waals surface area (Å²) in [6.45, 7) is 9.65. The van der Waals surface area contributed by atoms with E-state index in [9.17, 15) is 4.79 Å². The van der Waals surface area contributed by atoms with Gasteiger partial charge in [0, 0.05) is 10.8 Å². The van der Waals surface area contributed by atoms with Crippen molar-refractivity contribution >= 4 is 5.78 Å². The van der Waals surface area contributed by atoms with Crippen molar-refractivity contribution in [1.29, 1.82) is 0 Å². The Morgan fingerprint density at radius 3 is 2.57 bits per heavy atom. The number of hydrogen-bond donors (Lipinski definition) is 0. The molecule has 0 aromatic carbocycles. The van der Waals surface area contributed by atoms with Gasteiger partial charge >= 0.3 is 0 Å². The van der Waals surface area contributed by atoms with Crippen molar-refractivity contribution in [3.63, 3.8) is 0 Å². The third-order valence-electron chi connectivity index (χ3n) is 7.84. The van der Waals surface area contributed by atoms with Crippen LogP contribution in [0.2, 0.25) is 0 Å². The van der Waals surface area contributed by atoms with Gasteiger partial charge in [-0.15, -0.1) is 0 Å². The van der Waals surface area contributed by atoms with E-state index in [0.29, 0.717) is 22.5 Å². The SMILES string of the molecule is CC1(C)CCC[C@@]2(C)[C@H]1C=CC1=CC(=O)[C@]3(C)CC[C@]12C3. The molecular formula is C20H28O. The lowest BCUT2D eigenvalue weighted by atomic mass is 9.42. The first-order chi connectivity index (χ1) is 9.74. The minimum Gasteiger partial charge on any atom is -0.294 e. The molecule has 4 rings (SSSR count). The van der Waals surface area contributed by atoms with Gasteiger partial charge in [-0.3, -0.25) is 4.79 Å². The van der Waals surface area contributed by atoms with Gasteiger partial charge in [0.25, 0.3) is 0 Å². The highest BCUT2D eigenvalue weighted by Crippen LogP contribution is 2.72. The topological polar surface area (TPSA) is 17.1 Å². The second-order valence-corrected chi connectivity index (χ2v) is 9.38. The summed E-state index contributed by atoms with van der Waals surface area (Å²) in [6.07, 6.45) is 14.2. The molecule has 0 amide bonds. The highest BCUT2D eigenvalue weighted by Gasteiger charge is 2.65. The van der Waals surface area contributed by atoms with Crippen LogP contribution in [-0.4, -0.2) is 5.78 Å². The van der Waals surface area contributed by atoms with Gasteiger partial charge in [-0.1, -0.05) is 46.3 Å². The van der Waals surface area contributed by atoms with E-state index in [0.717, 1.165) is 12.8 Å². The quantitative estimate of drug-likeness (QED) is 0.606. The van der Waals surface area contributed by atoms with E-state index >= 15 is 0 Å². The Kier molecular flexibility index (Phi) is 2.45. The zero-order valence-corrected chi connectivity index (χ0v) is 14.0. The third-order valence-corrected chi connectivity index (χ3v) is 7.84. The third kappa shape index (κ3) is 1.46. The van der Waals surface area contributed by atoms with Crippen molar-refractivity contribution in [2.24, 2.45) is 27.6 Å². The number of carbonyl (C=O) groups excluding carboxylic acids is 1. The van der Waals surface area contributed by atoms with Gasteiger partial charge in [-0.25, -0.2) is 0 Å². The van der Waals surface area contributed by atoms with Crippen molar-refractivity contribution in [2.45, 2.75) is 66.2 Å². The molecule has 0 aliphatic heterocycles. The van der Waals surface area contributed by atoms with Crippen LogP contribution in [0.15, 0.2) is 23.8 Å². The van der Waals surface area contributed by atoms with Crippen molar-refractivity contribution in [2.75, 3.05) is 0 Å². The van der Waals surface area contributed by atoms with Crippen LogP contribution in [0.4, 0.5) is 0 Å². The minimum atomic E-state index is -0.0795. The zero-order chi connectivity index (χ0) is 15.1. The molecule has 4 atom stereocenters. The molecule has 2 fully saturated rings. The first-order valence-electron chi connectivity index (χ1n) is 8.69. The largest absolute Gasteiger partial charge is 0.294 e. The number of carbonyl (C=O) groups is 1. The second kappa shape index (κ2) is 3.73. The summed E-state index contributed by atoms with van der Waals surface area (Å²) < 4.78 is 0. The predicted octanol–water partition coefficient (Wildman–Crippen LogP) is 5.07. The average Bonchev–Trinajstić information content (AvgIpc) is 2.70. The fourth-order valence-corrected chi connectivity index (χ4v) is 6.56. The van der Waals surface area contributed by atoms with E-state index in [1.807, 2.05) is 6.08 Å². The Morgan fingerprint density at radius 1 is 1.05 bits per heavy atom. The van der Waals surface area contributed by atoms with Crippen molar-refractivity contribution in [3.8, 4) is 0 Å². The number of fused-ring (bicyclic) bond motifs is 2. The van der Waals surface area contributed by atoms with Crippen LogP contribution in [-0.2, 0) is 4.79 Å². The van der Waals surface area contributed by atoms with Crippen LogP contribution < -0.4 is 0 Å². The summed E-state index contributed by atoms with van der Waals surface area (Å²) in [4.78, 5) is 12.5. The smallest absolute Gasteiger partial charge is 0.161 e. The van der Waals surface area contributed by atoms with E-state index in [2.05, 4.69) is 39.8 Å². The van der Waals surface area contributed by atoms with E-state index in [4.69, 9.17) is 0 Å². The van der Waals surface area contributed by atoms with Crippen molar-refractivity contribution < 1.29 is 4.79 Å². The van der Waals surface area contributed by atoms with Gasteiger partial charge in [0.05, 0.1) is 0 Å². The molecule has 1 spiro atoms. The lowest BCUT2D eigenvalue weighted by Crippen LogP contribution is -2.54. The molecule has 0 radical (unpaired) electrons. The Morgan fingerprint density at radius 2 is 1.81 bits per heavy atom. The summed E-state index contributed by atoms with van der Waals surface area (Å²) in [5, 5.41) is 0. The Hall–Kier alpha value is -0.850. The molecule has 0 saturated heterocycles. The minimum absolute atomic E-state index is 0.0795. The average molecular weight is 284 g/mol. The maximum absolute atomic E-state index is 12.5. The Labute approximate surface area is 128 Å². The van der Waals surface area contributed by atoms with Crippen LogP contribution in [0.1, 0.15) is 66.2 Å². The van der Waals surface area contributed by atoms with Crippen LogP contribution >= 0.6 is 0 Å². The van der Waals surface area contributed by atoms with E-state index in [1.165, 1.54) is 31.3 Å². The highest BCUT2D eigenvalue weighted by atomic mass is 16.1. The molecule has 0 heterocycles. The fraction of sp³-hybridized carbons (Fsp3) is 0.750. The molecule has 2 saturated carbocycles. The van der Waals surface area contributed by atoms with Crippen LogP contribution in [0, 0.1) is 27.6 Å². The van der Waals surface area contributed by atoms with Gasteiger partial charge in [0.1, 0.15) is 0 Å². The summed E-state index contributed by atoms with van der Waals surface area (Å²) in [7, 11) is 0. The van der Waals surface area contributed by atoms with Gasteiger partial charge in [-0.2, -0.15) is 0 Å². The van der Waals surface area contributed by atoms with E-state index in [1.54, 1.807) is 0 Å². The van der Waals surface area contributed by atoms with Gasteiger partial charge in [0.2, 0.25) is 0 Å². The van der Waals surface area contributed by atoms with Gasteiger partial charge in [-0.05, 0) is 60.5 Å². The molecule has 4 aliphatic rings. The zero-order valence-electron chi connectivity index (χ0n) is 14.0. The first kappa shape index (κ1) is 13.8. The van der Waals surface area contributed by atoms with Crippen molar-refractivity contribution in [1.82, 2.24) is 0 Å². The Balaban J connectivity index is 1.93. The number of allylic oxidation sites excluding steroid dienone is 4. The molecule has 1 heteroatoms. The highest BCUT2D eigenvalue weighted by molar-refractivity contribution is 5.97. The number of rotatable bonds is 0. The molecule has 4 aliphatic carbocycles. The maximum Gasteiger partial charge on any atom is 0.161 e. The maximum atomic E-state index is 12.5. The van der Waals surface area contributed by atoms with E-state index in [-0.39, 0.29) is 10.8 Å². The number of ketones is 1. The normalized spacial score (nSPS) is 50.4. The summed E-state index contributed by atoms with van der Waals surface area (Å²) in [5.74, 6) is 1.04. The molecule has 0 N–H and O–H groups in total. The molecule has 114 valence electrons. The lowest BCUT2D eigenvalue weighted by molar-refractivity contribution is -0.126. The van der Waals surface area contributed by atoms with Crippen LogP contribution in [0.25, 0.3) is 0 Å². The first-order valence-corrected chi connectivity index (χ1v) is 8.69. The second-order valence-electron chi connectivity index (χ2n) is 9.38. The lowest BCUT2D eigenvalue weighted by Gasteiger charge is -2.62. The standard InChI is InChI=1S/C20H28O/c1-17(2)8-5-9-19(4)15(17)7-6-14-12-16(21)18(3)10-11-20(14,19)13-18/h6-7,12,15H,5,8-11,13H2,1-4H3/t15-,18+,19-,20-/m0/s1. The summed E-state index contributed by atoms with van der Waals surface area (Å²) in [6, 6.07) is 0. The van der Waals surface area contributed by atoms with E-state index < -0.39 is 0 Å². The van der Waals surface area contributed by atoms with Gasteiger partial charge < -0.3 is 0 Å². The molecule has 0 unspecified atom stereocenters. The van der Waals surface area contributed by atoms with Crippen LogP contribution in [0.5, 0.6) is 0 Å². The molecule has 2 bridgehead atoms. The van der Waals surface area contributed by atoms with Gasteiger partial charge in [0.15, 0.2) is 5.78 Å². The van der Waals surface area contributed by atoms with Crippen LogP contribution in [0.3, 0.4) is 0 Å². The molecule has 0 aromatic heterocycles. The monoisotopic (exact) mass is 284 g/mol. The predicted molar refractivity (Wildman–Crippen MR) is 85.9 cm³/mol. The summed E-state index contributed by atoms with van der Waals surface area (Å²) in [5.41, 5.74) is 2.29. The fourth-order valence-electron chi connectivity index (χ4n) is 6.56. The summed E-state index contributed by atoms with van der Waals surface area (Å²) >= 11 is 0. The Bertz CT molecular complexity index is 581. The van der Waals surface area contributed by atoms with Crippen molar-refractivity contribution in [3.05, 3.63) is 23.8 Å². The molecular weight excluding hydrogens is 256 g/mol.